The van der Waals surface area contributed by atoms with E-state index in [-0.39, 0.29) is 38.1 Å². The molecule has 2 atom stereocenters. The Morgan fingerprint density at radius 3 is 2.29 bits per heavy atom. The van der Waals surface area contributed by atoms with E-state index in [1.165, 1.54) is 0 Å². The molecule has 2 aromatic rings. The summed E-state index contributed by atoms with van der Waals surface area (Å²) in [5, 5.41) is 14.3. The van der Waals surface area contributed by atoms with Gasteiger partial charge in [-0.3, -0.25) is 9.59 Å². The number of hydrogen-bond donors (Lipinski definition) is 3. The molecule has 8 heteroatoms. The topological polar surface area (TPSA) is 114 Å². The standard InChI is InChI=1S/C26H30N2O6/c29-24(30)12-2-1-7-13-27-25(31)22-14-33-16-23(22)28-26(32)34-15-21-19-10-5-3-8-17(19)18-9-4-6-11-20(18)21/h3-6,8-11,21-23H,1-2,7,12-16H2,(H,27,31)(H,28,32)(H,29,30). The van der Waals surface area contributed by atoms with E-state index in [9.17, 15) is 14.4 Å². The number of ether oxygens (including phenoxy) is 2. The van der Waals surface area contributed by atoms with Crippen molar-refractivity contribution in [1.82, 2.24) is 10.6 Å². The third-order valence-corrected chi connectivity index (χ3v) is 6.43. The fourth-order valence-electron chi connectivity index (χ4n) is 4.67. The minimum absolute atomic E-state index is 0.0294. The second kappa shape index (κ2) is 11.2. The van der Waals surface area contributed by atoms with E-state index in [0.29, 0.717) is 19.4 Å². The maximum absolute atomic E-state index is 12.6. The van der Waals surface area contributed by atoms with E-state index >= 15 is 0 Å². The number of rotatable bonds is 10. The van der Waals surface area contributed by atoms with Crippen molar-refractivity contribution in [2.24, 2.45) is 5.92 Å². The quantitative estimate of drug-likeness (QED) is 0.463. The molecule has 2 amide bonds. The number of hydrogen-bond acceptors (Lipinski definition) is 5. The summed E-state index contributed by atoms with van der Waals surface area (Å²) in [6.07, 6.45) is 1.59. The number of carboxylic acid groups (broad SMARTS) is 1. The number of carboxylic acids is 1. The van der Waals surface area contributed by atoms with Crippen molar-refractivity contribution in [2.45, 2.75) is 37.6 Å². The van der Waals surface area contributed by atoms with E-state index in [2.05, 4.69) is 34.9 Å². The molecule has 0 radical (unpaired) electrons. The zero-order chi connectivity index (χ0) is 23.9. The fourth-order valence-corrected chi connectivity index (χ4v) is 4.67. The van der Waals surface area contributed by atoms with E-state index in [4.69, 9.17) is 14.6 Å². The first-order valence-electron chi connectivity index (χ1n) is 11.7. The molecule has 180 valence electrons. The van der Waals surface area contributed by atoms with Crippen LogP contribution in [0.2, 0.25) is 0 Å². The molecule has 0 aromatic heterocycles. The molecule has 1 aliphatic carbocycles. The Hall–Kier alpha value is -3.39. The molecule has 2 unspecified atom stereocenters. The van der Waals surface area contributed by atoms with Crippen molar-refractivity contribution in [2.75, 3.05) is 26.4 Å². The molecule has 1 aliphatic heterocycles. The van der Waals surface area contributed by atoms with Crippen LogP contribution in [0.5, 0.6) is 0 Å². The predicted octanol–water partition coefficient (Wildman–Crippen LogP) is 3.30. The number of carbonyl (C=O) groups is 3. The molecule has 3 N–H and O–H groups in total. The Balaban J connectivity index is 1.25. The molecule has 2 aliphatic rings. The van der Waals surface area contributed by atoms with Crippen LogP contribution < -0.4 is 10.6 Å². The van der Waals surface area contributed by atoms with Gasteiger partial charge in [0.2, 0.25) is 5.91 Å². The minimum atomic E-state index is -0.811. The third kappa shape index (κ3) is 5.56. The summed E-state index contributed by atoms with van der Waals surface area (Å²) in [5.74, 6) is -1.51. The summed E-state index contributed by atoms with van der Waals surface area (Å²) < 4.78 is 11.0. The molecule has 1 heterocycles. The van der Waals surface area contributed by atoms with Crippen molar-refractivity contribution in [3.05, 3.63) is 59.7 Å². The molecule has 0 bridgehead atoms. The molecule has 0 saturated carbocycles. The van der Waals surface area contributed by atoms with Gasteiger partial charge in [-0.25, -0.2) is 4.79 Å². The molecule has 2 aromatic carbocycles. The first-order valence-corrected chi connectivity index (χ1v) is 11.7. The van der Waals surface area contributed by atoms with E-state index in [1.54, 1.807) is 0 Å². The van der Waals surface area contributed by atoms with Gasteiger partial charge in [0.1, 0.15) is 6.61 Å². The molecule has 8 nitrogen and oxygen atoms in total. The number of fused-ring (bicyclic) bond motifs is 3. The Morgan fingerprint density at radius 1 is 0.941 bits per heavy atom. The van der Waals surface area contributed by atoms with Crippen LogP contribution in [0.4, 0.5) is 4.79 Å². The predicted molar refractivity (Wildman–Crippen MR) is 125 cm³/mol. The van der Waals surface area contributed by atoms with Gasteiger partial charge in [0.25, 0.3) is 0 Å². The lowest BCUT2D eigenvalue weighted by Gasteiger charge is -2.20. The summed E-state index contributed by atoms with van der Waals surface area (Å²) in [6, 6.07) is 15.8. The van der Waals surface area contributed by atoms with Gasteiger partial charge in [-0.05, 0) is 35.1 Å². The first-order chi connectivity index (χ1) is 16.5. The van der Waals surface area contributed by atoms with Crippen LogP contribution in [0.25, 0.3) is 11.1 Å². The zero-order valence-electron chi connectivity index (χ0n) is 19.0. The average Bonchev–Trinajstić information content (AvgIpc) is 3.42. The number of unbranched alkanes of at least 4 members (excludes halogenated alkanes) is 2. The van der Waals surface area contributed by atoms with Crippen LogP contribution in [0.3, 0.4) is 0 Å². The Morgan fingerprint density at radius 2 is 1.62 bits per heavy atom. The summed E-state index contributed by atoms with van der Waals surface area (Å²) >= 11 is 0. The highest BCUT2D eigenvalue weighted by Crippen LogP contribution is 2.44. The lowest BCUT2D eigenvalue weighted by molar-refractivity contribution is -0.137. The molecular formula is C26H30N2O6. The monoisotopic (exact) mass is 466 g/mol. The van der Waals surface area contributed by atoms with Crippen LogP contribution in [0.1, 0.15) is 42.7 Å². The highest BCUT2D eigenvalue weighted by molar-refractivity contribution is 5.81. The smallest absolute Gasteiger partial charge is 0.407 e. The number of benzene rings is 2. The van der Waals surface area contributed by atoms with E-state index in [0.717, 1.165) is 28.7 Å². The SMILES string of the molecule is O=C(O)CCCCCNC(=O)C1COCC1NC(=O)OCC1c2ccccc2-c2ccccc21. The normalized spacial score (nSPS) is 18.7. The second-order valence-corrected chi connectivity index (χ2v) is 8.72. The Kier molecular flexibility index (Phi) is 7.80. The highest BCUT2D eigenvalue weighted by atomic mass is 16.5. The van der Waals surface area contributed by atoms with Gasteiger partial charge < -0.3 is 25.2 Å². The van der Waals surface area contributed by atoms with Crippen LogP contribution >= 0.6 is 0 Å². The van der Waals surface area contributed by atoms with Crippen molar-refractivity contribution >= 4 is 18.0 Å². The lowest BCUT2D eigenvalue weighted by Crippen LogP contribution is -2.46. The van der Waals surface area contributed by atoms with Gasteiger partial charge in [0, 0.05) is 18.9 Å². The van der Waals surface area contributed by atoms with Crippen LogP contribution in [0, 0.1) is 5.92 Å². The Bertz CT molecular complexity index is 994. The number of nitrogens with one attached hydrogen (secondary N) is 2. The van der Waals surface area contributed by atoms with Gasteiger partial charge in [-0.15, -0.1) is 0 Å². The van der Waals surface area contributed by atoms with Gasteiger partial charge in [-0.2, -0.15) is 0 Å². The van der Waals surface area contributed by atoms with Crippen LogP contribution in [-0.2, 0) is 19.1 Å². The summed E-state index contributed by atoms with van der Waals surface area (Å²) in [5.41, 5.74) is 4.61. The lowest BCUT2D eigenvalue weighted by atomic mass is 9.98. The number of amides is 2. The van der Waals surface area contributed by atoms with Gasteiger partial charge >= 0.3 is 12.1 Å². The molecule has 4 rings (SSSR count). The summed E-state index contributed by atoms with van der Waals surface area (Å²) in [4.78, 5) is 35.6. The zero-order valence-corrected chi connectivity index (χ0v) is 19.0. The first kappa shape index (κ1) is 23.8. The molecular weight excluding hydrogens is 436 g/mol. The van der Waals surface area contributed by atoms with E-state index in [1.807, 2.05) is 24.3 Å². The van der Waals surface area contributed by atoms with Crippen LogP contribution in [0.15, 0.2) is 48.5 Å². The van der Waals surface area contributed by atoms with Crippen molar-refractivity contribution in [3.8, 4) is 11.1 Å². The summed E-state index contributed by atoms with van der Waals surface area (Å²) in [6.45, 7) is 1.16. The van der Waals surface area contributed by atoms with Crippen molar-refractivity contribution < 1.29 is 29.0 Å². The fraction of sp³-hybridized carbons (Fsp3) is 0.423. The largest absolute Gasteiger partial charge is 0.481 e. The van der Waals surface area contributed by atoms with Crippen LogP contribution in [-0.4, -0.2) is 55.5 Å². The molecule has 1 saturated heterocycles. The number of alkyl carbamates (subject to hydrolysis) is 1. The van der Waals surface area contributed by atoms with Crippen molar-refractivity contribution in [1.29, 1.82) is 0 Å². The van der Waals surface area contributed by atoms with Gasteiger partial charge in [0.15, 0.2) is 0 Å². The number of carbonyl (C=O) groups excluding carboxylic acids is 2. The molecule has 1 fully saturated rings. The third-order valence-electron chi connectivity index (χ3n) is 6.43. The van der Waals surface area contributed by atoms with Crippen molar-refractivity contribution in [3.63, 3.8) is 0 Å². The number of aliphatic carboxylic acids is 1. The Labute approximate surface area is 198 Å². The van der Waals surface area contributed by atoms with Gasteiger partial charge in [0.05, 0.1) is 25.2 Å². The average molecular weight is 467 g/mol. The van der Waals surface area contributed by atoms with Gasteiger partial charge in [-0.1, -0.05) is 55.0 Å². The maximum Gasteiger partial charge on any atom is 0.407 e. The highest BCUT2D eigenvalue weighted by Gasteiger charge is 2.36. The maximum atomic E-state index is 12.6. The summed E-state index contributed by atoms with van der Waals surface area (Å²) in [7, 11) is 0. The van der Waals surface area contributed by atoms with E-state index < -0.39 is 24.0 Å². The molecule has 0 spiro atoms. The minimum Gasteiger partial charge on any atom is -0.481 e. The second-order valence-electron chi connectivity index (χ2n) is 8.72. The molecule has 34 heavy (non-hydrogen) atoms.